The highest BCUT2D eigenvalue weighted by molar-refractivity contribution is 5.96. The van der Waals surface area contributed by atoms with Crippen LogP contribution in [0.2, 0.25) is 0 Å². The second kappa shape index (κ2) is 7.41. The Labute approximate surface area is 162 Å². The van der Waals surface area contributed by atoms with Gasteiger partial charge in [-0.1, -0.05) is 5.21 Å². The molecule has 2 aromatic rings. The van der Waals surface area contributed by atoms with Gasteiger partial charge >= 0.3 is 0 Å². The van der Waals surface area contributed by atoms with Crippen LogP contribution in [-0.2, 0) is 16.1 Å². The normalized spacial score (nSPS) is 17.0. The van der Waals surface area contributed by atoms with Gasteiger partial charge in [0.25, 0.3) is 5.91 Å². The number of nitrogens with one attached hydrogen (secondary N) is 1. The smallest absolute Gasteiger partial charge is 0.254 e. The Kier molecular flexibility index (Phi) is 4.81. The molecule has 0 radical (unpaired) electrons. The van der Waals surface area contributed by atoms with E-state index in [2.05, 4.69) is 15.6 Å². The Morgan fingerprint density at radius 1 is 1.21 bits per heavy atom. The molecule has 1 aromatic carbocycles. The zero-order valence-electron chi connectivity index (χ0n) is 15.7. The lowest BCUT2D eigenvalue weighted by molar-refractivity contribution is -0.128. The second-order valence-corrected chi connectivity index (χ2v) is 7.23. The van der Waals surface area contributed by atoms with E-state index in [0.29, 0.717) is 37.3 Å². The maximum absolute atomic E-state index is 12.6. The Balaban J connectivity index is 1.31. The summed E-state index contributed by atoms with van der Waals surface area (Å²) in [6.45, 7) is 3.85. The van der Waals surface area contributed by atoms with Crippen molar-refractivity contribution in [1.82, 2.24) is 24.8 Å². The summed E-state index contributed by atoms with van der Waals surface area (Å²) in [6.07, 6.45) is 3.37. The first-order chi connectivity index (χ1) is 13.5. The molecule has 2 fully saturated rings. The van der Waals surface area contributed by atoms with Crippen molar-refractivity contribution in [3.05, 3.63) is 41.7 Å². The van der Waals surface area contributed by atoms with Crippen LogP contribution in [0, 0.1) is 0 Å². The predicted octanol–water partition coefficient (Wildman–Crippen LogP) is 1.06. The number of benzene rings is 1. The van der Waals surface area contributed by atoms with E-state index in [0.717, 1.165) is 18.7 Å². The molecule has 146 valence electrons. The number of carbonyl (C=O) groups excluding carboxylic acids is 3. The van der Waals surface area contributed by atoms with Crippen LogP contribution in [0.3, 0.4) is 0 Å². The van der Waals surface area contributed by atoms with Crippen molar-refractivity contribution in [3.63, 3.8) is 0 Å². The number of aromatic nitrogens is 3. The summed E-state index contributed by atoms with van der Waals surface area (Å²) in [5.74, 6) is -0.0286. The van der Waals surface area contributed by atoms with E-state index in [1.807, 2.05) is 6.20 Å². The molecule has 4 rings (SSSR count). The quantitative estimate of drug-likeness (QED) is 0.833. The van der Waals surface area contributed by atoms with Crippen molar-refractivity contribution in [1.29, 1.82) is 0 Å². The van der Waals surface area contributed by atoms with E-state index >= 15 is 0 Å². The van der Waals surface area contributed by atoms with Gasteiger partial charge < -0.3 is 15.1 Å². The van der Waals surface area contributed by atoms with Gasteiger partial charge in [-0.2, -0.15) is 0 Å². The topological polar surface area (TPSA) is 100 Å². The summed E-state index contributed by atoms with van der Waals surface area (Å²) in [7, 11) is 0. The molecule has 2 aliphatic rings. The molecule has 28 heavy (non-hydrogen) atoms. The monoisotopic (exact) mass is 382 g/mol. The van der Waals surface area contributed by atoms with Gasteiger partial charge in [-0.3, -0.25) is 14.4 Å². The molecule has 1 aromatic heterocycles. The van der Waals surface area contributed by atoms with E-state index in [-0.39, 0.29) is 23.8 Å². The first-order valence-corrected chi connectivity index (χ1v) is 9.35. The summed E-state index contributed by atoms with van der Waals surface area (Å²) >= 11 is 0. The molecule has 0 bridgehead atoms. The van der Waals surface area contributed by atoms with Crippen molar-refractivity contribution in [3.8, 4) is 0 Å². The fourth-order valence-electron chi connectivity index (χ4n) is 3.50. The molecular weight excluding hydrogens is 360 g/mol. The molecule has 0 aliphatic carbocycles. The minimum absolute atomic E-state index is 0.0476. The van der Waals surface area contributed by atoms with Crippen molar-refractivity contribution < 1.29 is 14.4 Å². The van der Waals surface area contributed by atoms with Crippen LogP contribution in [0.15, 0.2) is 30.5 Å². The number of amides is 3. The number of hydrogen-bond acceptors (Lipinski definition) is 5. The van der Waals surface area contributed by atoms with Gasteiger partial charge in [0.1, 0.15) is 5.69 Å². The molecule has 3 amide bonds. The lowest BCUT2D eigenvalue weighted by Gasteiger charge is -2.38. The number of anilines is 1. The molecule has 0 atom stereocenters. The lowest BCUT2D eigenvalue weighted by atomic mass is 10.1. The van der Waals surface area contributed by atoms with Crippen LogP contribution >= 0.6 is 0 Å². The average Bonchev–Trinajstić information content (AvgIpc) is 3.24. The van der Waals surface area contributed by atoms with Gasteiger partial charge in [0.15, 0.2) is 0 Å². The van der Waals surface area contributed by atoms with Crippen molar-refractivity contribution in [2.24, 2.45) is 0 Å². The van der Waals surface area contributed by atoms with Crippen molar-refractivity contribution in [2.45, 2.75) is 32.4 Å². The fraction of sp³-hybridized carbons (Fsp3) is 0.421. The average molecular weight is 382 g/mol. The van der Waals surface area contributed by atoms with E-state index in [9.17, 15) is 14.4 Å². The number of likely N-dealkylation sites (tertiary alicyclic amines) is 2. The zero-order valence-corrected chi connectivity index (χ0v) is 15.7. The number of hydrogen-bond donors (Lipinski definition) is 1. The molecule has 2 aliphatic heterocycles. The minimum Gasteiger partial charge on any atom is -0.337 e. The first kappa shape index (κ1) is 18.1. The molecule has 0 saturated carbocycles. The van der Waals surface area contributed by atoms with Crippen LogP contribution in [0.1, 0.15) is 41.9 Å². The van der Waals surface area contributed by atoms with E-state index in [1.54, 1.807) is 38.7 Å². The lowest BCUT2D eigenvalue weighted by Crippen LogP contribution is -2.50. The summed E-state index contributed by atoms with van der Waals surface area (Å²) in [5, 5.41) is 11.0. The second-order valence-electron chi connectivity index (χ2n) is 7.23. The Hall–Kier alpha value is -3.23. The van der Waals surface area contributed by atoms with Crippen LogP contribution < -0.4 is 5.32 Å². The highest BCUT2D eigenvalue weighted by Gasteiger charge is 2.33. The van der Waals surface area contributed by atoms with Gasteiger partial charge in [0.05, 0.1) is 18.8 Å². The summed E-state index contributed by atoms with van der Waals surface area (Å²) in [5.41, 5.74) is 2.02. The Bertz CT molecular complexity index is 901. The van der Waals surface area contributed by atoms with Gasteiger partial charge in [-0.15, -0.1) is 5.10 Å². The highest BCUT2D eigenvalue weighted by Crippen LogP contribution is 2.23. The molecule has 3 heterocycles. The third kappa shape index (κ3) is 3.73. The largest absolute Gasteiger partial charge is 0.337 e. The SMILES string of the molecule is CC(=O)Nc1ccc(C(=O)N2CC(n3cc(CN4CCCC4=O)nn3)C2)cc1. The standard InChI is InChI=1S/C19H22N6O3/c1-13(26)20-15-6-4-14(5-7-15)19(28)24-11-17(12-24)25-10-16(21-22-25)9-23-8-2-3-18(23)27/h4-7,10,17H,2-3,8-9,11-12H2,1H3,(H,20,26). The Morgan fingerprint density at radius 2 is 1.96 bits per heavy atom. The molecule has 9 heteroatoms. The molecule has 2 saturated heterocycles. The number of nitrogens with zero attached hydrogens (tertiary/aromatic N) is 5. The summed E-state index contributed by atoms with van der Waals surface area (Å²) < 4.78 is 1.78. The minimum atomic E-state index is -0.147. The first-order valence-electron chi connectivity index (χ1n) is 9.35. The number of rotatable bonds is 5. The van der Waals surface area contributed by atoms with Gasteiger partial charge in [0.2, 0.25) is 11.8 Å². The Morgan fingerprint density at radius 3 is 2.61 bits per heavy atom. The molecule has 9 nitrogen and oxygen atoms in total. The molecular formula is C19H22N6O3. The van der Waals surface area contributed by atoms with Crippen LogP contribution in [0.5, 0.6) is 0 Å². The third-order valence-electron chi connectivity index (χ3n) is 5.06. The highest BCUT2D eigenvalue weighted by atomic mass is 16.2. The van der Waals surface area contributed by atoms with Gasteiger partial charge in [0, 0.05) is 44.2 Å². The third-order valence-corrected chi connectivity index (χ3v) is 5.06. The van der Waals surface area contributed by atoms with Crippen molar-refractivity contribution in [2.75, 3.05) is 25.0 Å². The molecule has 0 spiro atoms. The molecule has 1 N–H and O–H groups in total. The van der Waals surface area contributed by atoms with E-state index < -0.39 is 0 Å². The van der Waals surface area contributed by atoms with Gasteiger partial charge in [-0.25, -0.2) is 4.68 Å². The van der Waals surface area contributed by atoms with E-state index in [4.69, 9.17) is 0 Å². The summed E-state index contributed by atoms with van der Waals surface area (Å²) in [6, 6.07) is 6.95. The van der Waals surface area contributed by atoms with Crippen molar-refractivity contribution >= 4 is 23.4 Å². The van der Waals surface area contributed by atoms with Crippen LogP contribution in [0.4, 0.5) is 5.69 Å². The zero-order chi connectivity index (χ0) is 19.7. The fourth-order valence-corrected chi connectivity index (χ4v) is 3.50. The summed E-state index contributed by atoms with van der Waals surface area (Å²) in [4.78, 5) is 38.9. The van der Waals surface area contributed by atoms with Crippen LogP contribution in [0.25, 0.3) is 0 Å². The van der Waals surface area contributed by atoms with E-state index in [1.165, 1.54) is 6.92 Å². The predicted molar refractivity (Wildman–Crippen MR) is 100 cm³/mol. The molecule has 0 unspecified atom stereocenters. The maximum atomic E-state index is 12.6. The van der Waals surface area contributed by atoms with Gasteiger partial charge in [-0.05, 0) is 30.7 Å². The number of carbonyl (C=O) groups is 3. The van der Waals surface area contributed by atoms with Crippen LogP contribution in [-0.4, -0.2) is 62.1 Å². The maximum Gasteiger partial charge on any atom is 0.254 e.